The van der Waals surface area contributed by atoms with Crippen molar-refractivity contribution in [1.29, 1.82) is 0 Å². The molecule has 48 valence electrons. The molecule has 0 saturated carbocycles. The quantitative estimate of drug-likeness (QED) is 0.558. The molecular weight excluding hydrogens is 136 g/mol. The van der Waals surface area contributed by atoms with Gasteiger partial charge in [0.15, 0.2) is 0 Å². The molecule has 0 aromatic carbocycles. The number of hydrogen-bond acceptors (Lipinski definition) is 1. The van der Waals surface area contributed by atoms with Crippen molar-refractivity contribution in [3.8, 4) is 0 Å². The van der Waals surface area contributed by atoms with Crippen LogP contribution in [0.15, 0.2) is 22.5 Å². The van der Waals surface area contributed by atoms with Crippen molar-refractivity contribution in [1.82, 2.24) is 0 Å². The molecule has 0 aromatic rings. The molecule has 1 heterocycles. The molecule has 0 amide bonds. The SMILES string of the molecule is C=S1C=CC=C1C(=O)O. The lowest BCUT2D eigenvalue weighted by atomic mass is 10.5. The molecular formula is C6H6O2S. The molecule has 0 bridgehead atoms. The van der Waals surface area contributed by atoms with Gasteiger partial charge < -0.3 is 5.11 Å². The fourth-order valence-corrected chi connectivity index (χ4v) is 1.46. The van der Waals surface area contributed by atoms with Crippen molar-refractivity contribution in [2.24, 2.45) is 0 Å². The first-order chi connectivity index (χ1) is 4.22. The van der Waals surface area contributed by atoms with Gasteiger partial charge in [-0.1, -0.05) is 11.9 Å². The van der Waals surface area contributed by atoms with E-state index in [-0.39, 0.29) is 0 Å². The van der Waals surface area contributed by atoms with Crippen molar-refractivity contribution in [3.05, 3.63) is 22.5 Å². The number of rotatable bonds is 1. The second kappa shape index (κ2) is 2.19. The highest BCUT2D eigenvalue weighted by Crippen LogP contribution is 2.29. The van der Waals surface area contributed by atoms with Crippen molar-refractivity contribution >= 4 is 22.3 Å². The molecule has 0 fully saturated rings. The highest BCUT2D eigenvalue weighted by atomic mass is 32.2. The number of hydrogen-bond donors (Lipinski definition) is 1. The summed E-state index contributed by atoms with van der Waals surface area (Å²) in [5.74, 6) is 2.77. The van der Waals surface area contributed by atoms with Gasteiger partial charge in [0.25, 0.3) is 0 Å². The van der Waals surface area contributed by atoms with E-state index in [0.29, 0.717) is 4.91 Å². The molecule has 0 spiro atoms. The summed E-state index contributed by atoms with van der Waals surface area (Å²) in [6, 6.07) is 0. The van der Waals surface area contributed by atoms with Gasteiger partial charge in [0, 0.05) is 0 Å². The summed E-state index contributed by atoms with van der Waals surface area (Å²) in [5.41, 5.74) is 0. The Hall–Kier alpha value is -0.830. The number of carbonyl (C=O) groups is 1. The molecule has 0 aliphatic carbocycles. The minimum absolute atomic E-state index is 0.398. The number of carboxylic acids is 1. The topological polar surface area (TPSA) is 37.3 Å². The second-order valence-electron chi connectivity index (χ2n) is 1.59. The van der Waals surface area contributed by atoms with Crippen LogP contribution in [0, 0.1) is 0 Å². The van der Waals surface area contributed by atoms with E-state index in [1.807, 2.05) is 0 Å². The third-order valence-electron chi connectivity index (χ3n) is 0.984. The minimum Gasteiger partial charge on any atom is -0.477 e. The summed E-state index contributed by atoms with van der Waals surface area (Å²) >= 11 is 0. The Labute approximate surface area is 55.4 Å². The van der Waals surface area contributed by atoms with Crippen molar-refractivity contribution in [2.45, 2.75) is 0 Å². The zero-order valence-electron chi connectivity index (χ0n) is 4.70. The van der Waals surface area contributed by atoms with Gasteiger partial charge in [0.2, 0.25) is 0 Å². The maximum Gasteiger partial charge on any atom is 0.341 e. The van der Waals surface area contributed by atoms with Crippen LogP contribution in [-0.4, -0.2) is 16.9 Å². The highest BCUT2D eigenvalue weighted by Gasteiger charge is 2.09. The van der Waals surface area contributed by atoms with Gasteiger partial charge in [0.1, 0.15) is 0 Å². The molecule has 0 aromatic heterocycles. The smallest absolute Gasteiger partial charge is 0.341 e. The molecule has 3 heteroatoms. The maximum absolute atomic E-state index is 10.3. The van der Waals surface area contributed by atoms with Crippen molar-refractivity contribution in [3.63, 3.8) is 0 Å². The largest absolute Gasteiger partial charge is 0.477 e. The Kier molecular flexibility index (Phi) is 1.53. The zero-order chi connectivity index (χ0) is 6.85. The highest BCUT2D eigenvalue weighted by molar-refractivity contribution is 8.20. The third-order valence-corrected chi connectivity index (χ3v) is 2.34. The normalized spacial score (nSPS) is 24.0. The van der Waals surface area contributed by atoms with Gasteiger partial charge in [-0.05, 0) is 11.5 Å². The molecule has 1 atom stereocenters. The molecule has 1 unspecified atom stereocenters. The van der Waals surface area contributed by atoms with Crippen LogP contribution in [-0.2, 0) is 4.79 Å². The zero-order valence-corrected chi connectivity index (χ0v) is 5.52. The van der Waals surface area contributed by atoms with Gasteiger partial charge in [-0.25, -0.2) is 4.79 Å². The lowest BCUT2D eigenvalue weighted by Crippen LogP contribution is -1.94. The molecule has 0 radical (unpaired) electrons. The van der Waals surface area contributed by atoms with E-state index in [1.165, 1.54) is 0 Å². The number of aliphatic carboxylic acids is 1. The fourth-order valence-electron chi connectivity index (χ4n) is 0.566. The first-order valence-electron chi connectivity index (χ1n) is 2.36. The first-order valence-corrected chi connectivity index (χ1v) is 3.82. The van der Waals surface area contributed by atoms with Crippen LogP contribution in [0.3, 0.4) is 0 Å². The van der Waals surface area contributed by atoms with Gasteiger partial charge >= 0.3 is 5.97 Å². The van der Waals surface area contributed by atoms with Gasteiger partial charge in [0.05, 0.1) is 4.91 Å². The summed E-state index contributed by atoms with van der Waals surface area (Å²) in [7, 11) is -0.410. The summed E-state index contributed by atoms with van der Waals surface area (Å²) in [6.45, 7) is 0. The molecule has 0 saturated heterocycles. The van der Waals surface area contributed by atoms with Gasteiger partial charge in [-0.3, -0.25) is 0 Å². The van der Waals surface area contributed by atoms with Crippen LogP contribution >= 0.6 is 10.5 Å². The molecule has 9 heavy (non-hydrogen) atoms. The van der Waals surface area contributed by atoms with E-state index in [9.17, 15) is 4.79 Å². The standard InChI is InChI=1S/C6H6O2S/c1-9-4-2-3-5(9)6(7)8/h2-4H,1H2,(H,7,8). The van der Waals surface area contributed by atoms with Crippen LogP contribution in [0.25, 0.3) is 0 Å². The molecule has 1 N–H and O–H groups in total. The predicted octanol–water partition coefficient (Wildman–Crippen LogP) is 1.18. The average Bonchev–Trinajstić information content (AvgIpc) is 2.13. The summed E-state index contributed by atoms with van der Waals surface area (Å²) in [6.07, 6.45) is 3.30. The van der Waals surface area contributed by atoms with Crippen molar-refractivity contribution < 1.29 is 9.90 Å². The number of allylic oxidation sites excluding steroid dienone is 2. The van der Waals surface area contributed by atoms with Crippen LogP contribution < -0.4 is 0 Å². The van der Waals surface area contributed by atoms with Crippen LogP contribution in [0.4, 0.5) is 0 Å². The average molecular weight is 142 g/mol. The van der Waals surface area contributed by atoms with E-state index >= 15 is 0 Å². The molecule has 1 aliphatic heterocycles. The second-order valence-corrected chi connectivity index (χ2v) is 3.16. The summed E-state index contributed by atoms with van der Waals surface area (Å²) in [4.78, 5) is 10.7. The van der Waals surface area contributed by atoms with E-state index in [1.54, 1.807) is 17.6 Å². The van der Waals surface area contributed by atoms with E-state index in [2.05, 4.69) is 5.87 Å². The lowest BCUT2D eigenvalue weighted by molar-refractivity contribution is -0.131. The first kappa shape index (κ1) is 6.29. The predicted molar refractivity (Wildman–Crippen MR) is 39.6 cm³/mol. The van der Waals surface area contributed by atoms with E-state index in [0.717, 1.165) is 0 Å². The monoisotopic (exact) mass is 142 g/mol. The summed E-state index contributed by atoms with van der Waals surface area (Å²) in [5, 5.41) is 10.2. The number of carboxylic acid groups (broad SMARTS) is 1. The Morgan fingerprint density at radius 2 is 2.44 bits per heavy atom. The molecule has 1 aliphatic rings. The van der Waals surface area contributed by atoms with Gasteiger partial charge in [-0.15, -0.1) is 10.5 Å². The van der Waals surface area contributed by atoms with Crippen LogP contribution in [0.5, 0.6) is 0 Å². The Morgan fingerprint density at radius 3 is 2.67 bits per heavy atom. The maximum atomic E-state index is 10.3. The van der Waals surface area contributed by atoms with Gasteiger partial charge in [-0.2, -0.15) is 0 Å². The van der Waals surface area contributed by atoms with Crippen molar-refractivity contribution in [2.75, 3.05) is 0 Å². The molecule has 1 rings (SSSR count). The molecule has 2 nitrogen and oxygen atoms in total. The Balaban J connectivity index is 2.88. The third kappa shape index (κ3) is 1.10. The minimum atomic E-state index is -0.863. The fraction of sp³-hybridized carbons (Fsp3) is 0. The Morgan fingerprint density at radius 1 is 1.78 bits per heavy atom. The summed E-state index contributed by atoms with van der Waals surface area (Å²) < 4.78 is 0. The van der Waals surface area contributed by atoms with Crippen LogP contribution in [0.2, 0.25) is 0 Å². The van der Waals surface area contributed by atoms with E-state index in [4.69, 9.17) is 5.11 Å². The van der Waals surface area contributed by atoms with Crippen LogP contribution in [0.1, 0.15) is 0 Å². The lowest BCUT2D eigenvalue weighted by Gasteiger charge is -1.93. The Bertz CT molecular complexity index is 225. The van der Waals surface area contributed by atoms with E-state index < -0.39 is 16.5 Å².